The van der Waals surface area contributed by atoms with Gasteiger partial charge in [0.25, 0.3) is 0 Å². The van der Waals surface area contributed by atoms with Gasteiger partial charge in [-0.25, -0.2) is 9.97 Å². The van der Waals surface area contributed by atoms with Crippen LogP contribution in [0.25, 0.3) is 0 Å². The second-order valence-corrected chi connectivity index (χ2v) is 5.74. The third-order valence-electron chi connectivity index (χ3n) is 3.81. The van der Waals surface area contributed by atoms with Crippen LogP contribution >= 0.6 is 11.6 Å². The van der Waals surface area contributed by atoms with Crippen LogP contribution in [0.1, 0.15) is 12.8 Å². The molecule has 0 radical (unpaired) electrons. The molecule has 1 aliphatic rings. The van der Waals surface area contributed by atoms with Gasteiger partial charge in [0.15, 0.2) is 0 Å². The lowest BCUT2D eigenvalue weighted by Crippen LogP contribution is -2.38. The van der Waals surface area contributed by atoms with Crippen molar-refractivity contribution in [2.75, 3.05) is 23.3 Å². The Labute approximate surface area is 134 Å². The van der Waals surface area contributed by atoms with Gasteiger partial charge >= 0.3 is 0 Å². The number of nitrogens with one attached hydrogen (secondary N) is 1. The molecule has 3 rings (SSSR count). The van der Waals surface area contributed by atoms with Crippen molar-refractivity contribution >= 4 is 29.1 Å². The van der Waals surface area contributed by atoms with Crippen molar-refractivity contribution in [2.45, 2.75) is 12.8 Å². The number of benzene rings is 1. The molecule has 2 heterocycles. The molecule has 6 heteroatoms. The molecule has 2 aromatic rings. The minimum Gasteiger partial charge on any atom is -0.341 e. The fourth-order valence-electron chi connectivity index (χ4n) is 2.57. The largest absolute Gasteiger partial charge is 0.341 e. The number of amides is 1. The highest BCUT2D eigenvalue weighted by Crippen LogP contribution is 2.22. The minimum atomic E-state index is 0.0237. The number of aromatic nitrogens is 2. The average Bonchev–Trinajstić information content (AvgIpc) is 2.58. The first-order valence-corrected chi connectivity index (χ1v) is 7.68. The number of halogens is 1. The van der Waals surface area contributed by atoms with Gasteiger partial charge in [-0.1, -0.05) is 11.6 Å². The Morgan fingerprint density at radius 3 is 2.41 bits per heavy atom. The Hall–Kier alpha value is -2.14. The predicted octanol–water partition coefficient (Wildman–Crippen LogP) is 2.99. The van der Waals surface area contributed by atoms with Gasteiger partial charge in [0.05, 0.1) is 0 Å². The summed E-state index contributed by atoms with van der Waals surface area (Å²) in [4.78, 5) is 22.9. The zero-order chi connectivity index (χ0) is 15.4. The summed E-state index contributed by atoms with van der Waals surface area (Å²) in [5.74, 6) is 0.825. The van der Waals surface area contributed by atoms with Gasteiger partial charge in [0, 0.05) is 42.1 Å². The Balaban J connectivity index is 1.54. The van der Waals surface area contributed by atoms with Gasteiger partial charge in [-0.3, -0.25) is 4.79 Å². The number of hydrogen-bond donors (Lipinski definition) is 1. The van der Waals surface area contributed by atoms with Gasteiger partial charge in [-0.2, -0.15) is 0 Å². The highest BCUT2D eigenvalue weighted by atomic mass is 35.5. The third-order valence-corrected chi connectivity index (χ3v) is 4.06. The van der Waals surface area contributed by atoms with E-state index in [1.54, 1.807) is 30.6 Å². The van der Waals surface area contributed by atoms with Gasteiger partial charge in [0.2, 0.25) is 11.9 Å². The molecule has 1 N–H and O–H groups in total. The zero-order valence-electron chi connectivity index (χ0n) is 12.1. The molecule has 1 amide bonds. The van der Waals surface area contributed by atoms with E-state index >= 15 is 0 Å². The highest BCUT2D eigenvalue weighted by molar-refractivity contribution is 6.30. The summed E-state index contributed by atoms with van der Waals surface area (Å²) in [7, 11) is 0. The quantitative estimate of drug-likeness (QED) is 0.945. The van der Waals surface area contributed by atoms with Gasteiger partial charge in [0.1, 0.15) is 0 Å². The number of nitrogens with zero attached hydrogens (tertiary/aromatic N) is 3. The van der Waals surface area contributed by atoms with Crippen LogP contribution in [0.5, 0.6) is 0 Å². The standard InChI is InChI=1S/C16H17ClN4O/c17-13-2-4-14(5-3-13)20-15(22)12-6-10-21(11-7-12)16-18-8-1-9-19-16/h1-5,8-9,12H,6-7,10-11H2,(H,20,22). The van der Waals surface area contributed by atoms with Crippen LogP contribution in [0, 0.1) is 5.92 Å². The van der Waals surface area contributed by atoms with E-state index in [2.05, 4.69) is 20.2 Å². The molecule has 1 fully saturated rings. The lowest BCUT2D eigenvalue weighted by atomic mass is 9.96. The molecule has 1 aromatic carbocycles. The molecule has 5 nitrogen and oxygen atoms in total. The number of piperidine rings is 1. The summed E-state index contributed by atoms with van der Waals surface area (Å²) in [6.07, 6.45) is 5.08. The lowest BCUT2D eigenvalue weighted by Gasteiger charge is -2.31. The molecule has 1 saturated heterocycles. The normalized spacial score (nSPS) is 15.6. The third kappa shape index (κ3) is 3.54. The number of rotatable bonds is 3. The zero-order valence-corrected chi connectivity index (χ0v) is 12.8. The predicted molar refractivity (Wildman–Crippen MR) is 87.1 cm³/mol. The highest BCUT2D eigenvalue weighted by Gasteiger charge is 2.26. The lowest BCUT2D eigenvalue weighted by molar-refractivity contribution is -0.120. The smallest absolute Gasteiger partial charge is 0.227 e. The van der Waals surface area contributed by atoms with E-state index in [0.29, 0.717) is 5.02 Å². The Kier molecular flexibility index (Phi) is 4.53. The van der Waals surface area contributed by atoms with Crippen LogP contribution in [-0.4, -0.2) is 29.0 Å². The summed E-state index contributed by atoms with van der Waals surface area (Å²) in [5.41, 5.74) is 0.781. The topological polar surface area (TPSA) is 58.1 Å². The maximum Gasteiger partial charge on any atom is 0.227 e. The first-order chi connectivity index (χ1) is 10.7. The molecule has 0 aliphatic carbocycles. The van der Waals surface area contributed by atoms with E-state index in [4.69, 9.17) is 11.6 Å². The Morgan fingerprint density at radius 1 is 1.14 bits per heavy atom. The summed E-state index contributed by atoms with van der Waals surface area (Å²) in [5, 5.41) is 3.61. The van der Waals surface area contributed by atoms with E-state index in [0.717, 1.165) is 37.6 Å². The molecule has 0 bridgehead atoms. The molecule has 0 unspecified atom stereocenters. The number of carbonyl (C=O) groups excluding carboxylic acids is 1. The van der Waals surface area contributed by atoms with Crippen molar-refractivity contribution in [1.82, 2.24) is 9.97 Å². The first kappa shape index (κ1) is 14.8. The summed E-state index contributed by atoms with van der Waals surface area (Å²) < 4.78 is 0. The van der Waals surface area contributed by atoms with Crippen molar-refractivity contribution in [3.8, 4) is 0 Å². The molecule has 114 valence electrons. The molecule has 1 aliphatic heterocycles. The monoisotopic (exact) mass is 316 g/mol. The Bertz CT molecular complexity index is 624. The van der Waals surface area contributed by atoms with Crippen LogP contribution in [0.4, 0.5) is 11.6 Å². The van der Waals surface area contributed by atoms with Crippen molar-refractivity contribution in [3.05, 3.63) is 47.7 Å². The van der Waals surface area contributed by atoms with Gasteiger partial charge in [-0.15, -0.1) is 0 Å². The molecule has 22 heavy (non-hydrogen) atoms. The fraction of sp³-hybridized carbons (Fsp3) is 0.312. The second kappa shape index (κ2) is 6.75. The van der Waals surface area contributed by atoms with Crippen LogP contribution in [0.3, 0.4) is 0 Å². The van der Waals surface area contributed by atoms with Crippen molar-refractivity contribution in [1.29, 1.82) is 0 Å². The fourth-order valence-corrected chi connectivity index (χ4v) is 2.70. The van der Waals surface area contributed by atoms with Crippen LogP contribution < -0.4 is 10.2 Å². The van der Waals surface area contributed by atoms with E-state index in [9.17, 15) is 4.79 Å². The molecular formula is C16H17ClN4O. The first-order valence-electron chi connectivity index (χ1n) is 7.31. The van der Waals surface area contributed by atoms with Gasteiger partial charge < -0.3 is 10.2 Å². The second-order valence-electron chi connectivity index (χ2n) is 5.31. The average molecular weight is 317 g/mol. The van der Waals surface area contributed by atoms with Gasteiger partial charge in [-0.05, 0) is 43.2 Å². The maximum atomic E-state index is 12.3. The number of carbonyl (C=O) groups is 1. The molecule has 0 atom stereocenters. The van der Waals surface area contributed by atoms with Crippen molar-refractivity contribution in [3.63, 3.8) is 0 Å². The van der Waals surface area contributed by atoms with Crippen LogP contribution in [0.2, 0.25) is 5.02 Å². The summed E-state index contributed by atoms with van der Waals surface area (Å²) >= 11 is 5.84. The Morgan fingerprint density at radius 2 is 1.77 bits per heavy atom. The van der Waals surface area contributed by atoms with E-state index in [1.165, 1.54) is 0 Å². The molecule has 0 saturated carbocycles. The summed E-state index contributed by atoms with van der Waals surface area (Å²) in [6, 6.07) is 8.97. The molecule has 0 spiro atoms. The number of anilines is 2. The van der Waals surface area contributed by atoms with Crippen molar-refractivity contribution in [2.24, 2.45) is 5.92 Å². The van der Waals surface area contributed by atoms with Crippen LogP contribution in [-0.2, 0) is 4.79 Å². The molecular weight excluding hydrogens is 300 g/mol. The maximum absolute atomic E-state index is 12.3. The minimum absolute atomic E-state index is 0.0237. The van der Waals surface area contributed by atoms with E-state index in [-0.39, 0.29) is 11.8 Å². The SMILES string of the molecule is O=C(Nc1ccc(Cl)cc1)C1CCN(c2ncccn2)CC1. The van der Waals surface area contributed by atoms with E-state index < -0.39 is 0 Å². The molecule has 1 aromatic heterocycles. The van der Waals surface area contributed by atoms with Crippen LogP contribution in [0.15, 0.2) is 42.7 Å². The van der Waals surface area contributed by atoms with Crippen molar-refractivity contribution < 1.29 is 4.79 Å². The van der Waals surface area contributed by atoms with E-state index in [1.807, 2.05) is 12.1 Å². The number of hydrogen-bond acceptors (Lipinski definition) is 4. The summed E-state index contributed by atoms with van der Waals surface area (Å²) in [6.45, 7) is 1.59.